The SMILES string of the molecule is CCCCC(CCCCCn1ccc2ccccc21)[N+](=O)[O-]. The number of nitro groups is 1. The van der Waals surface area contributed by atoms with Gasteiger partial charge in [-0.15, -0.1) is 0 Å². The molecule has 0 radical (unpaired) electrons. The third kappa shape index (κ3) is 4.58. The van der Waals surface area contributed by atoms with E-state index in [0.717, 1.165) is 51.5 Å². The van der Waals surface area contributed by atoms with Crippen molar-refractivity contribution >= 4 is 10.9 Å². The monoisotopic (exact) mass is 302 g/mol. The van der Waals surface area contributed by atoms with Crippen molar-refractivity contribution in [1.29, 1.82) is 0 Å². The Morgan fingerprint density at radius 1 is 1.09 bits per heavy atom. The molecule has 1 unspecified atom stereocenters. The number of unbranched alkanes of at least 4 members (excludes halogenated alkanes) is 3. The van der Waals surface area contributed by atoms with Crippen molar-refractivity contribution in [3.63, 3.8) is 0 Å². The maximum absolute atomic E-state index is 11.0. The summed E-state index contributed by atoms with van der Waals surface area (Å²) in [5, 5.41) is 12.3. The highest BCUT2D eigenvalue weighted by Crippen LogP contribution is 2.17. The second kappa shape index (κ2) is 8.57. The molecule has 1 heterocycles. The minimum Gasteiger partial charge on any atom is -0.347 e. The van der Waals surface area contributed by atoms with Crippen molar-refractivity contribution in [3.8, 4) is 0 Å². The lowest BCUT2D eigenvalue weighted by Crippen LogP contribution is -2.19. The molecule has 0 amide bonds. The van der Waals surface area contributed by atoms with Gasteiger partial charge in [0.2, 0.25) is 6.04 Å². The van der Waals surface area contributed by atoms with Gasteiger partial charge in [0.05, 0.1) is 0 Å². The van der Waals surface area contributed by atoms with Gasteiger partial charge in [-0.3, -0.25) is 10.1 Å². The molecule has 0 saturated carbocycles. The summed E-state index contributed by atoms with van der Waals surface area (Å²) in [5.41, 5.74) is 1.27. The molecule has 4 heteroatoms. The van der Waals surface area contributed by atoms with Crippen LogP contribution in [0, 0.1) is 10.1 Å². The van der Waals surface area contributed by atoms with Crippen LogP contribution in [0.5, 0.6) is 0 Å². The Labute approximate surface area is 132 Å². The third-order valence-electron chi connectivity index (χ3n) is 4.31. The summed E-state index contributed by atoms with van der Waals surface area (Å²) in [6.07, 6.45) is 8.66. The molecular weight excluding hydrogens is 276 g/mol. The number of para-hydroxylation sites is 1. The van der Waals surface area contributed by atoms with Crippen LogP contribution in [-0.4, -0.2) is 15.5 Å². The van der Waals surface area contributed by atoms with Crippen molar-refractivity contribution in [2.45, 2.75) is 64.5 Å². The standard InChI is InChI=1S/C18H26N2O2/c1-2-3-10-17(20(21)22)11-5-4-8-14-19-15-13-16-9-6-7-12-18(16)19/h6-7,9,12-13,15,17H,2-5,8,10-11,14H2,1H3. The Balaban J connectivity index is 1.71. The highest BCUT2D eigenvalue weighted by molar-refractivity contribution is 5.79. The van der Waals surface area contributed by atoms with Gasteiger partial charge in [-0.05, 0) is 36.8 Å². The van der Waals surface area contributed by atoms with Crippen LogP contribution in [0.3, 0.4) is 0 Å². The second-order valence-electron chi connectivity index (χ2n) is 6.00. The van der Waals surface area contributed by atoms with Gasteiger partial charge in [0.1, 0.15) is 0 Å². The van der Waals surface area contributed by atoms with E-state index in [9.17, 15) is 10.1 Å². The summed E-state index contributed by atoms with van der Waals surface area (Å²) in [6.45, 7) is 3.07. The average molecular weight is 302 g/mol. The molecule has 4 nitrogen and oxygen atoms in total. The number of hydrogen-bond donors (Lipinski definition) is 0. The number of hydrogen-bond acceptors (Lipinski definition) is 2. The van der Waals surface area contributed by atoms with E-state index in [1.54, 1.807) is 0 Å². The van der Waals surface area contributed by atoms with Crippen LogP contribution in [-0.2, 0) is 6.54 Å². The first-order chi connectivity index (χ1) is 10.7. The first-order valence-corrected chi connectivity index (χ1v) is 8.39. The van der Waals surface area contributed by atoms with Gasteiger partial charge in [-0.2, -0.15) is 0 Å². The van der Waals surface area contributed by atoms with E-state index in [0.29, 0.717) is 0 Å². The number of nitrogens with zero attached hydrogens (tertiary/aromatic N) is 2. The van der Waals surface area contributed by atoms with Crippen LogP contribution in [0.4, 0.5) is 0 Å². The predicted octanol–water partition coefficient (Wildman–Crippen LogP) is 5.04. The van der Waals surface area contributed by atoms with Crippen molar-refractivity contribution in [2.24, 2.45) is 0 Å². The lowest BCUT2D eigenvalue weighted by molar-refractivity contribution is -0.524. The number of rotatable bonds is 10. The van der Waals surface area contributed by atoms with Crippen LogP contribution in [0.15, 0.2) is 36.5 Å². The Kier molecular flexibility index (Phi) is 6.44. The van der Waals surface area contributed by atoms with E-state index < -0.39 is 0 Å². The van der Waals surface area contributed by atoms with E-state index in [1.807, 2.05) is 0 Å². The number of fused-ring (bicyclic) bond motifs is 1. The van der Waals surface area contributed by atoms with Crippen molar-refractivity contribution in [1.82, 2.24) is 4.57 Å². The van der Waals surface area contributed by atoms with Crippen molar-refractivity contribution < 1.29 is 4.92 Å². The molecule has 0 fully saturated rings. The van der Waals surface area contributed by atoms with Crippen LogP contribution in [0.25, 0.3) is 10.9 Å². The fourth-order valence-electron chi connectivity index (χ4n) is 2.97. The van der Waals surface area contributed by atoms with Gasteiger partial charge in [0.15, 0.2) is 0 Å². The van der Waals surface area contributed by atoms with Gasteiger partial charge in [-0.25, -0.2) is 0 Å². The van der Waals surface area contributed by atoms with Crippen LogP contribution >= 0.6 is 0 Å². The lowest BCUT2D eigenvalue weighted by Gasteiger charge is -2.09. The Hall–Kier alpha value is -1.84. The average Bonchev–Trinajstić information content (AvgIpc) is 2.93. The van der Waals surface area contributed by atoms with Crippen LogP contribution in [0.2, 0.25) is 0 Å². The summed E-state index contributed by atoms with van der Waals surface area (Å²) in [4.78, 5) is 10.9. The molecule has 2 rings (SSSR count). The van der Waals surface area contributed by atoms with Gasteiger partial charge < -0.3 is 4.57 Å². The molecule has 120 valence electrons. The molecule has 1 aromatic carbocycles. The zero-order valence-electron chi connectivity index (χ0n) is 13.4. The quantitative estimate of drug-likeness (QED) is 0.351. The van der Waals surface area contributed by atoms with E-state index in [1.165, 1.54) is 10.9 Å². The molecule has 2 aromatic rings. The summed E-state index contributed by atoms with van der Waals surface area (Å²) < 4.78 is 2.28. The fourth-order valence-corrected chi connectivity index (χ4v) is 2.97. The van der Waals surface area contributed by atoms with E-state index in [-0.39, 0.29) is 11.0 Å². The molecular formula is C18H26N2O2. The molecule has 22 heavy (non-hydrogen) atoms. The van der Waals surface area contributed by atoms with Crippen LogP contribution < -0.4 is 0 Å². The van der Waals surface area contributed by atoms with Crippen molar-refractivity contribution in [3.05, 3.63) is 46.6 Å². The smallest absolute Gasteiger partial charge is 0.213 e. The minimum atomic E-state index is -0.340. The second-order valence-corrected chi connectivity index (χ2v) is 6.00. The number of aryl methyl sites for hydroxylation is 1. The molecule has 0 saturated heterocycles. The molecule has 0 aliphatic carbocycles. The third-order valence-corrected chi connectivity index (χ3v) is 4.31. The first kappa shape index (κ1) is 16.5. The first-order valence-electron chi connectivity index (χ1n) is 8.39. The predicted molar refractivity (Wildman–Crippen MR) is 90.7 cm³/mol. The summed E-state index contributed by atoms with van der Waals surface area (Å²) >= 11 is 0. The molecule has 1 atom stereocenters. The Morgan fingerprint density at radius 2 is 1.86 bits per heavy atom. The summed E-state index contributed by atoms with van der Waals surface area (Å²) in [7, 11) is 0. The Morgan fingerprint density at radius 3 is 2.64 bits per heavy atom. The summed E-state index contributed by atoms with van der Waals surface area (Å²) in [6, 6.07) is 10.2. The minimum absolute atomic E-state index is 0.0882. The van der Waals surface area contributed by atoms with Gasteiger partial charge in [-0.1, -0.05) is 38.0 Å². The molecule has 0 aliphatic rings. The lowest BCUT2D eigenvalue weighted by atomic mass is 10.0. The van der Waals surface area contributed by atoms with E-state index in [2.05, 4.69) is 48.0 Å². The Bertz CT molecular complexity index is 592. The molecule has 0 N–H and O–H groups in total. The normalized spacial score (nSPS) is 12.6. The maximum Gasteiger partial charge on any atom is 0.213 e. The summed E-state index contributed by atoms with van der Waals surface area (Å²) in [5.74, 6) is 0. The molecule has 0 spiro atoms. The maximum atomic E-state index is 11.0. The largest absolute Gasteiger partial charge is 0.347 e. The van der Waals surface area contributed by atoms with Crippen LogP contribution in [0.1, 0.15) is 51.9 Å². The molecule has 1 aromatic heterocycles. The van der Waals surface area contributed by atoms with E-state index >= 15 is 0 Å². The topological polar surface area (TPSA) is 48.1 Å². The van der Waals surface area contributed by atoms with Gasteiger partial charge in [0.25, 0.3) is 0 Å². The highest BCUT2D eigenvalue weighted by Gasteiger charge is 2.18. The number of benzene rings is 1. The molecule has 0 bridgehead atoms. The highest BCUT2D eigenvalue weighted by atomic mass is 16.6. The molecule has 0 aliphatic heterocycles. The van der Waals surface area contributed by atoms with Gasteiger partial charge in [0, 0.05) is 36.0 Å². The van der Waals surface area contributed by atoms with Gasteiger partial charge >= 0.3 is 0 Å². The number of aromatic nitrogens is 1. The zero-order valence-corrected chi connectivity index (χ0v) is 13.4. The fraction of sp³-hybridized carbons (Fsp3) is 0.556. The van der Waals surface area contributed by atoms with E-state index in [4.69, 9.17) is 0 Å². The zero-order chi connectivity index (χ0) is 15.8. The van der Waals surface area contributed by atoms with Crippen molar-refractivity contribution in [2.75, 3.05) is 0 Å².